The Hall–Kier alpha value is -0.490. The topological polar surface area (TPSA) is 81.3 Å². The Kier molecular flexibility index (Phi) is 4.16. The molecule has 4 nitrogen and oxygen atoms in total. The molecule has 2 atom stereocenters. The smallest absolute Gasteiger partial charge is 0.396 e. The molecule has 0 amide bonds. The summed E-state index contributed by atoms with van der Waals surface area (Å²) in [6.07, 6.45) is 0.0716. The van der Waals surface area contributed by atoms with E-state index in [-0.39, 0.29) is 13.0 Å². The van der Waals surface area contributed by atoms with E-state index in [0.29, 0.717) is 0 Å². The van der Waals surface area contributed by atoms with Gasteiger partial charge in [0.1, 0.15) is 6.07 Å². The van der Waals surface area contributed by atoms with E-state index in [1.54, 1.807) is 6.07 Å². The maximum Gasteiger partial charge on any atom is 0.524 e. The Balaban J connectivity index is 3.72. The molecule has 0 saturated carbocycles. The Bertz CT molecular complexity index is 141. The minimum absolute atomic E-state index is 0.0716. The third-order valence-corrected chi connectivity index (χ3v) is 1.73. The Morgan fingerprint density at radius 2 is 2.33 bits per heavy atom. The van der Waals surface area contributed by atoms with E-state index in [2.05, 4.69) is 0 Å². The van der Waals surface area contributed by atoms with Crippen LogP contribution in [0.15, 0.2) is 0 Å². The lowest BCUT2D eigenvalue weighted by Gasteiger charge is -1.86. The van der Waals surface area contributed by atoms with Gasteiger partial charge >= 0.3 is 8.03 Å². The monoisotopic (exact) mass is 148 g/mol. The molecule has 0 radical (unpaired) electrons. The van der Waals surface area contributed by atoms with Crippen molar-refractivity contribution < 1.29 is 14.6 Å². The molecular formula is C4H7NO3P+. The van der Waals surface area contributed by atoms with Crippen molar-refractivity contribution >= 4 is 8.03 Å². The van der Waals surface area contributed by atoms with Crippen molar-refractivity contribution in [1.82, 2.24) is 0 Å². The summed E-state index contributed by atoms with van der Waals surface area (Å²) in [7, 11) is -2.44. The molecule has 2 N–H and O–H groups in total. The second-order valence-electron chi connectivity index (χ2n) is 1.46. The fourth-order valence-corrected chi connectivity index (χ4v) is 0.782. The van der Waals surface area contributed by atoms with Crippen LogP contribution in [-0.4, -0.2) is 22.3 Å². The van der Waals surface area contributed by atoms with Gasteiger partial charge in [-0.1, -0.05) is 0 Å². The predicted molar refractivity (Wildman–Crippen MR) is 30.9 cm³/mol. The first kappa shape index (κ1) is 8.51. The molecule has 0 aliphatic carbocycles. The zero-order valence-corrected chi connectivity index (χ0v) is 5.58. The third kappa shape index (κ3) is 3.15. The first-order valence-corrected chi connectivity index (χ1v) is 3.66. The van der Waals surface area contributed by atoms with Gasteiger partial charge in [-0.25, -0.2) is 0 Å². The van der Waals surface area contributed by atoms with Gasteiger partial charge in [0, 0.05) is 13.0 Å². The van der Waals surface area contributed by atoms with Gasteiger partial charge in [-0.3, -0.25) is 0 Å². The third-order valence-electron chi connectivity index (χ3n) is 0.818. The summed E-state index contributed by atoms with van der Waals surface area (Å²) in [5.41, 5.74) is -0.912. The minimum atomic E-state index is -2.44. The van der Waals surface area contributed by atoms with Crippen LogP contribution in [0.25, 0.3) is 0 Å². The largest absolute Gasteiger partial charge is 0.524 e. The van der Waals surface area contributed by atoms with Crippen molar-refractivity contribution in [2.75, 3.05) is 6.61 Å². The van der Waals surface area contributed by atoms with Gasteiger partial charge < -0.3 is 5.11 Å². The average molecular weight is 148 g/mol. The van der Waals surface area contributed by atoms with Crippen molar-refractivity contribution in [3.63, 3.8) is 0 Å². The van der Waals surface area contributed by atoms with E-state index < -0.39 is 13.7 Å². The summed E-state index contributed by atoms with van der Waals surface area (Å²) in [5.74, 6) is 0. The molecule has 0 bridgehead atoms. The molecule has 50 valence electrons. The quantitative estimate of drug-likeness (QED) is 0.551. The number of aliphatic hydroxyl groups is 1. The highest BCUT2D eigenvalue weighted by atomic mass is 31.1. The summed E-state index contributed by atoms with van der Waals surface area (Å²) in [6, 6.07) is 1.61. The van der Waals surface area contributed by atoms with Crippen molar-refractivity contribution in [1.29, 1.82) is 5.26 Å². The fourth-order valence-electron chi connectivity index (χ4n) is 0.347. The van der Waals surface area contributed by atoms with Gasteiger partial charge in [-0.2, -0.15) is 10.2 Å². The number of rotatable bonds is 3. The standard InChI is InChI=1S/C4H6NO3P/c5-3-4(1-2-6)9(7)8/h4,6H,1-2H2/p+1. The predicted octanol–water partition coefficient (Wildman–Crippen LogP) is -0.00432. The molecule has 0 aromatic carbocycles. The van der Waals surface area contributed by atoms with E-state index >= 15 is 0 Å². The molecule has 0 spiro atoms. The summed E-state index contributed by atoms with van der Waals surface area (Å²) in [4.78, 5) is 8.32. The van der Waals surface area contributed by atoms with Crippen molar-refractivity contribution in [3.8, 4) is 6.07 Å². The van der Waals surface area contributed by atoms with Crippen LogP contribution in [0, 0.1) is 11.3 Å². The number of hydrogen-bond acceptors (Lipinski definition) is 3. The van der Waals surface area contributed by atoms with Gasteiger partial charge in [0.2, 0.25) is 0 Å². The van der Waals surface area contributed by atoms with Gasteiger partial charge in [0.15, 0.2) is 0 Å². The molecule has 2 unspecified atom stereocenters. The lowest BCUT2D eigenvalue weighted by Crippen LogP contribution is -2.00. The van der Waals surface area contributed by atoms with Crippen LogP contribution in [0.1, 0.15) is 6.42 Å². The van der Waals surface area contributed by atoms with Crippen LogP contribution in [0.2, 0.25) is 0 Å². The average Bonchev–Trinajstić information content (AvgIpc) is 1.82. The Morgan fingerprint density at radius 3 is 2.44 bits per heavy atom. The van der Waals surface area contributed by atoms with Crippen LogP contribution >= 0.6 is 8.03 Å². The van der Waals surface area contributed by atoms with Gasteiger partial charge in [-0.05, 0) is 4.57 Å². The summed E-state index contributed by atoms with van der Waals surface area (Å²) in [5, 5.41) is 16.3. The molecule has 0 aliphatic heterocycles. The van der Waals surface area contributed by atoms with E-state index in [1.165, 1.54) is 0 Å². The summed E-state index contributed by atoms with van der Waals surface area (Å²) in [6.45, 7) is -0.222. The molecule has 0 heterocycles. The SMILES string of the molecule is N#CC(CCO)[P+](=O)O. The first-order chi connectivity index (χ1) is 4.22. The highest BCUT2D eigenvalue weighted by molar-refractivity contribution is 7.39. The second kappa shape index (κ2) is 4.39. The Morgan fingerprint density at radius 1 is 1.78 bits per heavy atom. The molecule has 0 aliphatic rings. The van der Waals surface area contributed by atoms with Crippen molar-refractivity contribution in [2.24, 2.45) is 0 Å². The maximum atomic E-state index is 10.1. The van der Waals surface area contributed by atoms with Crippen LogP contribution in [0.4, 0.5) is 0 Å². The molecule has 0 saturated heterocycles. The normalized spacial score (nSPS) is 14.1. The van der Waals surface area contributed by atoms with Crippen LogP contribution < -0.4 is 0 Å². The van der Waals surface area contributed by atoms with E-state index in [9.17, 15) is 4.57 Å². The lowest BCUT2D eigenvalue weighted by atomic mass is 10.3. The molecule has 0 aromatic rings. The number of nitriles is 1. The van der Waals surface area contributed by atoms with Crippen LogP contribution in [-0.2, 0) is 4.57 Å². The second-order valence-corrected chi connectivity index (χ2v) is 2.69. The number of nitrogens with zero attached hydrogens (tertiary/aromatic N) is 1. The molecule has 9 heavy (non-hydrogen) atoms. The van der Waals surface area contributed by atoms with E-state index in [4.69, 9.17) is 15.3 Å². The molecule has 0 aromatic heterocycles. The van der Waals surface area contributed by atoms with Crippen molar-refractivity contribution in [3.05, 3.63) is 0 Å². The zero-order valence-electron chi connectivity index (χ0n) is 4.69. The maximum absolute atomic E-state index is 10.1. The fraction of sp³-hybridized carbons (Fsp3) is 0.750. The summed E-state index contributed by atoms with van der Waals surface area (Å²) >= 11 is 0. The van der Waals surface area contributed by atoms with E-state index in [1.807, 2.05) is 0 Å². The molecule has 0 fully saturated rings. The highest BCUT2D eigenvalue weighted by Crippen LogP contribution is 2.23. The molecular weight excluding hydrogens is 141 g/mol. The minimum Gasteiger partial charge on any atom is -0.396 e. The first-order valence-electron chi connectivity index (χ1n) is 2.38. The molecule has 5 heteroatoms. The van der Waals surface area contributed by atoms with Gasteiger partial charge in [-0.15, -0.1) is 0 Å². The van der Waals surface area contributed by atoms with Gasteiger partial charge in [0.25, 0.3) is 5.66 Å². The Labute approximate surface area is 53.6 Å². The van der Waals surface area contributed by atoms with Gasteiger partial charge in [0.05, 0.1) is 0 Å². The number of aliphatic hydroxyl groups excluding tert-OH is 1. The zero-order chi connectivity index (χ0) is 7.28. The molecule has 0 rings (SSSR count). The summed E-state index contributed by atoms with van der Waals surface area (Å²) < 4.78 is 10.1. The highest BCUT2D eigenvalue weighted by Gasteiger charge is 2.27. The van der Waals surface area contributed by atoms with Crippen molar-refractivity contribution in [2.45, 2.75) is 12.1 Å². The number of hydrogen-bond donors (Lipinski definition) is 2. The lowest BCUT2D eigenvalue weighted by molar-refractivity contribution is 0.289. The van der Waals surface area contributed by atoms with Crippen LogP contribution in [0.3, 0.4) is 0 Å². The van der Waals surface area contributed by atoms with E-state index in [0.717, 1.165) is 0 Å². The van der Waals surface area contributed by atoms with Crippen LogP contribution in [0.5, 0.6) is 0 Å².